The van der Waals surface area contributed by atoms with Gasteiger partial charge in [-0.15, -0.1) is 0 Å². The third-order valence-corrected chi connectivity index (χ3v) is 7.36. The smallest absolute Gasteiger partial charge is 0.119 e. The molecule has 0 bridgehead atoms. The van der Waals surface area contributed by atoms with Crippen molar-refractivity contribution in [2.45, 2.75) is 44.3 Å². The van der Waals surface area contributed by atoms with E-state index in [0.717, 1.165) is 37.9 Å². The molecule has 35 heavy (non-hydrogen) atoms. The zero-order valence-corrected chi connectivity index (χ0v) is 20.5. The Kier molecular flexibility index (Phi) is 6.99. The summed E-state index contributed by atoms with van der Waals surface area (Å²) < 4.78 is 6.52. The number of para-hydroxylation sites is 1. The molecule has 4 heteroatoms. The van der Waals surface area contributed by atoms with Crippen LogP contribution in [0.2, 0.25) is 0 Å². The van der Waals surface area contributed by atoms with Crippen molar-refractivity contribution in [1.29, 1.82) is 5.26 Å². The highest BCUT2D eigenvalue weighted by Gasteiger charge is 2.41. The summed E-state index contributed by atoms with van der Waals surface area (Å²) in [5, 5.41) is 10.7. The van der Waals surface area contributed by atoms with E-state index in [1.165, 1.54) is 40.4 Å². The average Bonchev–Trinajstić information content (AvgIpc) is 3.49. The van der Waals surface area contributed by atoms with Gasteiger partial charge < -0.3 is 14.6 Å². The summed E-state index contributed by atoms with van der Waals surface area (Å²) in [6.45, 7) is 2.70. The van der Waals surface area contributed by atoms with Crippen LogP contribution < -0.4 is 0 Å². The summed E-state index contributed by atoms with van der Waals surface area (Å²) in [5.74, 6) is 0. The van der Waals surface area contributed by atoms with Gasteiger partial charge in [0.2, 0.25) is 0 Å². The molecule has 2 heterocycles. The normalized spacial score (nSPS) is 17.1. The van der Waals surface area contributed by atoms with Gasteiger partial charge in [0.15, 0.2) is 0 Å². The van der Waals surface area contributed by atoms with Crippen LogP contribution >= 0.6 is 0 Å². The first kappa shape index (κ1) is 23.4. The molecule has 1 atom stereocenters. The minimum Gasteiger partial charge on any atom is -0.361 e. The lowest BCUT2D eigenvalue weighted by atomic mass is 9.81. The first-order chi connectivity index (χ1) is 17.2. The van der Waals surface area contributed by atoms with Gasteiger partial charge in [-0.2, -0.15) is 5.26 Å². The minimum absolute atomic E-state index is 0.430. The predicted octanol–water partition coefficient (Wildman–Crippen LogP) is 6.55. The molecule has 0 radical (unpaired) electrons. The third kappa shape index (κ3) is 4.89. The van der Waals surface area contributed by atoms with E-state index in [0.29, 0.717) is 12.2 Å². The van der Waals surface area contributed by atoms with E-state index in [9.17, 15) is 5.26 Å². The van der Waals surface area contributed by atoms with Crippen molar-refractivity contribution in [3.05, 3.63) is 107 Å². The standard InChI is InChI=1S/C31H33N3O/c1-34(18-8-7-10-25-22-33-30-14-6-5-13-28(25)30)19-9-17-31(27-11-3-2-4-12-27)29-16-15-24(21-32)20-26(29)23-35-31/h2-6,11-16,20,22,33H,7-10,17-19,23H2,1H3. The molecule has 4 nitrogen and oxygen atoms in total. The maximum atomic E-state index is 9.31. The van der Waals surface area contributed by atoms with E-state index < -0.39 is 5.60 Å². The van der Waals surface area contributed by atoms with Gasteiger partial charge in [0, 0.05) is 17.1 Å². The number of rotatable bonds is 10. The quantitative estimate of drug-likeness (QED) is 0.271. The molecular formula is C31H33N3O. The Morgan fingerprint density at radius 1 is 0.971 bits per heavy atom. The second-order valence-electron chi connectivity index (χ2n) is 9.69. The second-order valence-corrected chi connectivity index (χ2v) is 9.69. The number of nitrogens with one attached hydrogen (secondary N) is 1. The molecular weight excluding hydrogens is 430 g/mol. The van der Waals surface area contributed by atoms with Crippen LogP contribution in [-0.2, 0) is 23.4 Å². The molecule has 0 saturated carbocycles. The van der Waals surface area contributed by atoms with Crippen molar-refractivity contribution < 1.29 is 4.74 Å². The number of benzene rings is 3. The zero-order valence-electron chi connectivity index (χ0n) is 20.5. The summed E-state index contributed by atoms with van der Waals surface area (Å²) in [4.78, 5) is 5.83. The van der Waals surface area contributed by atoms with Crippen LogP contribution in [0.5, 0.6) is 0 Å². The molecule has 3 aromatic carbocycles. The molecule has 1 unspecified atom stereocenters. The van der Waals surface area contributed by atoms with Crippen LogP contribution in [0, 0.1) is 11.3 Å². The Morgan fingerprint density at radius 2 is 1.77 bits per heavy atom. The Labute approximate surface area is 208 Å². The highest BCUT2D eigenvalue weighted by molar-refractivity contribution is 5.83. The molecule has 1 aromatic heterocycles. The first-order valence-corrected chi connectivity index (χ1v) is 12.7. The number of nitrogens with zero attached hydrogens (tertiary/aromatic N) is 2. The van der Waals surface area contributed by atoms with E-state index in [2.05, 4.69) is 89.9 Å². The van der Waals surface area contributed by atoms with E-state index in [-0.39, 0.29) is 0 Å². The fourth-order valence-electron chi connectivity index (χ4n) is 5.50. The van der Waals surface area contributed by atoms with Crippen LogP contribution in [0.25, 0.3) is 10.9 Å². The number of aromatic amines is 1. The summed E-state index contributed by atoms with van der Waals surface area (Å²) in [6, 6.07) is 27.4. The fourth-order valence-corrected chi connectivity index (χ4v) is 5.50. The molecule has 0 aliphatic carbocycles. The van der Waals surface area contributed by atoms with Crippen LogP contribution in [0.4, 0.5) is 0 Å². The molecule has 0 amide bonds. The topological polar surface area (TPSA) is 52.0 Å². The van der Waals surface area contributed by atoms with Gasteiger partial charge in [-0.25, -0.2) is 0 Å². The van der Waals surface area contributed by atoms with Gasteiger partial charge in [-0.3, -0.25) is 0 Å². The van der Waals surface area contributed by atoms with Gasteiger partial charge in [0.05, 0.1) is 18.2 Å². The first-order valence-electron chi connectivity index (χ1n) is 12.7. The summed E-state index contributed by atoms with van der Waals surface area (Å²) in [5.41, 5.74) is 6.47. The Morgan fingerprint density at radius 3 is 2.63 bits per heavy atom. The number of unbranched alkanes of at least 4 members (excludes halogenated alkanes) is 1. The third-order valence-electron chi connectivity index (χ3n) is 7.36. The van der Waals surface area contributed by atoms with Crippen LogP contribution in [0.3, 0.4) is 0 Å². The van der Waals surface area contributed by atoms with Gasteiger partial charge in [0.1, 0.15) is 5.60 Å². The molecule has 178 valence electrons. The predicted molar refractivity (Wildman–Crippen MR) is 141 cm³/mol. The van der Waals surface area contributed by atoms with Crippen molar-refractivity contribution in [2.24, 2.45) is 0 Å². The maximum Gasteiger partial charge on any atom is 0.119 e. The number of aryl methyl sites for hydroxylation is 1. The van der Waals surface area contributed by atoms with Crippen LogP contribution in [-0.4, -0.2) is 30.0 Å². The SMILES string of the molecule is CN(CCCCc1c[nH]c2ccccc12)CCCC1(c2ccccc2)OCc2cc(C#N)ccc21. The fraction of sp³-hybridized carbons (Fsp3) is 0.323. The highest BCUT2D eigenvalue weighted by atomic mass is 16.5. The van der Waals surface area contributed by atoms with Gasteiger partial charge in [-0.05, 0) is 92.7 Å². The molecule has 0 fully saturated rings. The monoisotopic (exact) mass is 463 g/mol. The molecule has 1 N–H and O–H groups in total. The molecule has 5 rings (SSSR count). The zero-order chi connectivity index (χ0) is 24.1. The molecule has 0 spiro atoms. The Hall–Kier alpha value is -3.39. The molecule has 1 aliphatic heterocycles. The Balaban J connectivity index is 1.17. The number of hydrogen-bond acceptors (Lipinski definition) is 3. The number of aromatic nitrogens is 1. The number of ether oxygens (including phenoxy) is 1. The highest BCUT2D eigenvalue weighted by Crippen LogP contribution is 2.45. The summed E-state index contributed by atoms with van der Waals surface area (Å²) >= 11 is 0. The largest absolute Gasteiger partial charge is 0.361 e. The van der Waals surface area contributed by atoms with Crippen molar-refractivity contribution >= 4 is 10.9 Å². The molecule has 4 aromatic rings. The van der Waals surface area contributed by atoms with Crippen molar-refractivity contribution in [3.63, 3.8) is 0 Å². The lowest BCUT2D eigenvalue weighted by molar-refractivity contribution is -0.0142. The van der Waals surface area contributed by atoms with Crippen LogP contribution in [0.1, 0.15) is 53.5 Å². The van der Waals surface area contributed by atoms with Crippen molar-refractivity contribution in [1.82, 2.24) is 9.88 Å². The second kappa shape index (κ2) is 10.5. The van der Waals surface area contributed by atoms with Gasteiger partial charge in [-0.1, -0.05) is 54.6 Å². The summed E-state index contributed by atoms with van der Waals surface area (Å²) in [7, 11) is 2.23. The lowest BCUT2D eigenvalue weighted by Gasteiger charge is -2.31. The Bertz CT molecular complexity index is 1320. The van der Waals surface area contributed by atoms with Gasteiger partial charge in [0.25, 0.3) is 0 Å². The minimum atomic E-state index is -0.430. The van der Waals surface area contributed by atoms with Gasteiger partial charge >= 0.3 is 0 Å². The van der Waals surface area contributed by atoms with Crippen molar-refractivity contribution in [3.8, 4) is 6.07 Å². The van der Waals surface area contributed by atoms with E-state index in [1.54, 1.807) is 0 Å². The van der Waals surface area contributed by atoms with E-state index in [1.807, 2.05) is 12.1 Å². The number of fused-ring (bicyclic) bond motifs is 2. The summed E-state index contributed by atoms with van der Waals surface area (Å²) in [6.07, 6.45) is 7.64. The number of H-pyrrole nitrogens is 1. The number of hydrogen-bond donors (Lipinski definition) is 1. The number of nitriles is 1. The molecule has 0 saturated heterocycles. The average molecular weight is 464 g/mol. The van der Waals surface area contributed by atoms with E-state index in [4.69, 9.17) is 4.74 Å². The van der Waals surface area contributed by atoms with E-state index >= 15 is 0 Å². The molecule has 1 aliphatic rings. The van der Waals surface area contributed by atoms with Crippen LogP contribution in [0.15, 0.2) is 79.0 Å². The van der Waals surface area contributed by atoms with Crippen molar-refractivity contribution in [2.75, 3.05) is 20.1 Å². The lowest BCUT2D eigenvalue weighted by Crippen LogP contribution is -2.29. The maximum absolute atomic E-state index is 9.31.